The molecule has 0 saturated carbocycles. The van der Waals surface area contributed by atoms with Crippen molar-refractivity contribution in [2.75, 3.05) is 0 Å². The molecule has 0 unspecified atom stereocenters. The van der Waals surface area contributed by atoms with E-state index in [0.29, 0.717) is 0 Å². The molecule has 4 heavy (non-hydrogen) atoms. The van der Waals surface area contributed by atoms with Gasteiger partial charge in [-0.2, -0.15) is 0 Å². The average Bonchev–Trinajstić information content (AvgIpc) is 1.00. The van der Waals surface area contributed by atoms with Gasteiger partial charge in [0.05, 0.1) is 0 Å². The summed E-state index contributed by atoms with van der Waals surface area (Å²) in [6.07, 6.45) is 0. The van der Waals surface area contributed by atoms with Crippen LogP contribution in [0.2, 0.25) is 0 Å². The summed E-state index contributed by atoms with van der Waals surface area (Å²) in [7, 11) is 1.31. The molecule has 0 aromatic heterocycles. The Kier molecular flexibility index (Phi) is 83.9. The van der Waals surface area contributed by atoms with Gasteiger partial charge in [0.15, 0.2) is 0 Å². The Morgan fingerprint density at radius 3 is 1.25 bits per heavy atom. The molecule has 28 valence electrons. The van der Waals surface area contributed by atoms with Gasteiger partial charge >= 0.3 is 27.8 Å². The second-order valence-corrected chi connectivity index (χ2v) is 0. The van der Waals surface area contributed by atoms with Gasteiger partial charge < -0.3 is 0 Å². The molecule has 0 aliphatic carbocycles. The van der Waals surface area contributed by atoms with Crippen LogP contribution in [0.25, 0.3) is 0 Å². The third-order valence-corrected chi connectivity index (χ3v) is 0. The van der Waals surface area contributed by atoms with E-state index in [-0.39, 0.29) is 34.4 Å². The van der Waals surface area contributed by atoms with Gasteiger partial charge in [0, 0.05) is 34.4 Å². The first-order valence-electron chi connectivity index (χ1n) is 0.500. The van der Waals surface area contributed by atoms with Crippen molar-refractivity contribution in [2.45, 2.75) is 0 Å². The summed E-state index contributed by atoms with van der Waals surface area (Å²) in [5.41, 5.74) is 0. The third kappa shape index (κ3) is 9.01. The summed E-state index contributed by atoms with van der Waals surface area (Å²) in [6.45, 7) is 0. The van der Waals surface area contributed by atoms with Gasteiger partial charge in [-0.25, -0.2) is 0 Å². The topological polar surface area (TPSA) is 0 Å². The quantitative estimate of drug-likeness (QED) is 0.426. The van der Waals surface area contributed by atoms with Crippen LogP contribution in [0.4, 0.5) is 0 Å². The molecule has 0 aliphatic rings. The van der Waals surface area contributed by atoms with Gasteiger partial charge in [-0.1, -0.05) is 0 Å². The van der Waals surface area contributed by atoms with E-state index < -0.39 is 0 Å². The fourth-order valence-electron chi connectivity index (χ4n) is 0. The Bertz CT molecular complexity index is 8.00. The van der Waals surface area contributed by atoms with E-state index in [0.717, 1.165) is 0 Å². The average molecular weight is 195 g/mol. The van der Waals surface area contributed by atoms with Gasteiger partial charge in [-0.3, -0.25) is 0 Å². The van der Waals surface area contributed by atoms with E-state index in [9.17, 15) is 0 Å². The van der Waals surface area contributed by atoms with Crippen molar-refractivity contribution in [3.05, 3.63) is 0 Å². The van der Waals surface area contributed by atoms with Crippen LogP contribution in [0, 0.1) is 0 Å². The predicted molar refractivity (Wildman–Crippen MR) is 9.94 cm³/mol. The second-order valence-electron chi connectivity index (χ2n) is 0. The number of hydrogen-bond acceptors (Lipinski definition) is 0. The Morgan fingerprint density at radius 2 is 1.25 bits per heavy atom. The summed E-state index contributed by atoms with van der Waals surface area (Å²) in [5.74, 6) is 0. The molecule has 0 bridgehead atoms. The minimum absolute atomic E-state index is 0. The van der Waals surface area contributed by atoms with Gasteiger partial charge in [0.25, 0.3) is 0 Å². The van der Waals surface area contributed by atoms with E-state index in [1.54, 1.807) is 0 Å². The van der Waals surface area contributed by atoms with E-state index in [1.165, 1.54) is 8.11 Å². The Hall–Kier alpha value is 1.98. The monoisotopic (exact) mass is 194 g/mol. The van der Waals surface area contributed by atoms with Gasteiger partial charge in [0.1, 0.15) is 0 Å². The Labute approximate surface area is 61.7 Å². The van der Waals surface area contributed by atoms with Crippen LogP contribution in [-0.4, -0.2) is 8.11 Å². The molecule has 0 fully saturated rings. The van der Waals surface area contributed by atoms with Crippen LogP contribution >= 0.6 is 0 Å². The van der Waals surface area contributed by atoms with Crippen molar-refractivity contribution in [3.8, 4) is 0 Å². The zero-order valence-corrected chi connectivity index (χ0v) is 7.99. The maximum atomic E-state index is 2.14. The van der Waals surface area contributed by atoms with Crippen LogP contribution in [0.3, 0.4) is 0 Å². The Morgan fingerprint density at radius 1 is 1.25 bits per heavy atom. The standard InChI is InChI=1S/Cr.Cu.H3Si.Ti/h;;1H3;. The van der Waals surface area contributed by atoms with Crippen LogP contribution in [-0.2, 0) is 54.1 Å². The van der Waals surface area contributed by atoms with E-state index in [4.69, 9.17) is 0 Å². The molecule has 0 saturated heterocycles. The summed E-state index contributed by atoms with van der Waals surface area (Å²) in [5, 5.41) is 0. The van der Waals surface area contributed by atoms with Crippen LogP contribution < -0.4 is 0 Å². The molecule has 1 radical (unpaired) electrons. The zero-order valence-electron chi connectivity index (χ0n) is 2.21. The molecule has 0 nitrogen and oxygen atoms in total. The molecular formula is H3CrCuSiTi. The fourth-order valence-corrected chi connectivity index (χ4v) is 0. The SMILES string of the molecule is [Cr].[Cu].[SiH3][Ti]. The maximum absolute atomic E-state index is 2.14. The predicted octanol–water partition coefficient (Wildman–Crippen LogP) is -1.19. The van der Waals surface area contributed by atoms with Gasteiger partial charge in [-0.05, 0) is 0 Å². The first-order valence-corrected chi connectivity index (χ1v) is 6.18. The third-order valence-electron chi connectivity index (χ3n) is 0. The van der Waals surface area contributed by atoms with Gasteiger partial charge in [0.2, 0.25) is 0 Å². The number of hydrogen-bond donors (Lipinski definition) is 0. The van der Waals surface area contributed by atoms with Crippen LogP contribution in [0.15, 0.2) is 0 Å². The molecule has 4 heteroatoms. The molecule has 0 heterocycles. The molecule has 0 N–H and O–H groups in total. The number of rotatable bonds is 0. The van der Waals surface area contributed by atoms with Gasteiger partial charge in [-0.15, -0.1) is 0 Å². The summed E-state index contributed by atoms with van der Waals surface area (Å²) >= 11 is 2.14. The molecule has 0 spiro atoms. The zero-order chi connectivity index (χ0) is 2.00. The molecule has 0 atom stereocenters. The van der Waals surface area contributed by atoms with E-state index in [2.05, 4.69) is 19.7 Å². The molecule has 0 aromatic rings. The van der Waals surface area contributed by atoms with E-state index in [1.807, 2.05) is 0 Å². The normalized spacial score (nSPS) is 1.75. The molecule has 0 rings (SSSR count). The summed E-state index contributed by atoms with van der Waals surface area (Å²) < 4.78 is 0. The molecule has 0 amide bonds. The van der Waals surface area contributed by atoms with Crippen molar-refractivity contribution in [2.24, 2.45) is 0 Å². The summed E-state index contributed by atoms with van der Waals surface area (Å²) in [4.78, 5) is 0. The first kappa shape index (κ1) is 16.7. The van der Waals surface area contributed by atoms with Crippen LogP contribution in [0.1, 0.15) is 0 Å². The van der Waals surface area contributed by atoms with E-state index >= 15 is 0 Å². The molecule has 0 aromatic carbocycles. The van der Waals surface area contributed by atoms with Crippen molar-refractivity contribution in [3.63, 3.8) is 0 Å². The van der Waals surface area contributed by atoms with Crippen molar-refractivity contribution >= 4 is 8.11 Å². The first-order chi connectivity index (χ1) is 1.00. The second kappa shape index (κ2) is 20.1. The van der Waals surface area contributed by atoms with Crippen molar-refractivity contribution in [1.82, 2.24) is 0 Å². The fraction of sp³-hybridized carbons (Fsp3) is 0. The molecular weight excluding hydrogens is 191 g/mol. The van der Waals surface area contributed by atoms with Crippen LogP contribution in [0.5, 0.6) is 0 Å². The van der Waals surface area contributed by atoms with Crippen molar-refractivity contribution < 1.29 is 54.1 Å². The van der Waals surface area contributed by atoms with Crippen molar-refractivity contribution in [1.29, 1.82) is 0 Å². The summed E-state index contributed by atoms with van der Waals surface area (Å²) in [6, 6.07) is 0. The Balaban J connectivity index is -0.00000000500. The minimum atomic E-state index is 0. The molecule has 0 aliphatic heterocycles.